The first kappa shape index (κ1) is 14.2. The normalized spacial score (nSPS) is 18.3. The van der Waals surface area contributed by atoms with E-state index < -0.39 is 0 Å². The highest BCUT2D eigenvalue weighted by molar-refractivity contribution is 8.00. The number of benzene rings is 1. The number of hydrogen-bond donors (Lipinski definition) is 1. The van der Waals surface area contributed by atoms with Crippen LogP contribution in [0.1, 0.15) is 41.7 Å². The van der Waals surface area contributed by atoms with Gasteiger partial charge in [-0.3, -0.25) is 9.48 Å². The summed E-state index contributed by atoms with van der Waals surface area (Å²) >= 11 is 1.65. The number of nitrogens with one attached hydrogen (secondary N) is 1. The van der Waals surface area contributed by atoms with Crippen molar-refractivity contribution in [2.24, 2.45) is 7.05 Å². The van der Waals surface area contributed by atoms with Crippen LogP contribution < -0.4 is 5.32 Å². The molecule has 1 aliphatic rings. The van der Waals surface area contributed by atoms with Crippen LogP contribution in [0.5, 0.6) is 0 Å². The Morgan fingerprint density at radius 1 is 1.33 bits per heavy atom. The zero-order valence-electron chi connectivity index (χ0n) is 12.5. The van der Waals surface area contributed by atoms with Crippen molar-refractivity contribution in [3.8, 4) is 0 Å². The number of hydrogen-bond acceptors (Lipinski definition) is 3. The minimum absolute atomic E-state index is 0.0335. The molecule has 0 spiro atoms. The fourth-order valence-corrected chi connectivity index (χ4v) is 3.64. The van der Waals surface area contributed by atoms with Crippen LogP contribution in [0.25, 0.3) is 0 Å². The van der Waals surface area contributed by atoms with Gasteiger partial charge in [-0.15, -0.1) is 11.8 Å². The number of anilines is 1. The lowest BCUT2D eigenvalue weighted by atomic mass is 9.99. The average molecular weight is 301 g/mol. The maximum atomic E-state index is 11.8. The fraction of sp³-hybridized carbons (Fsp3) is 0.375. The van der Waals surface area contributed by atoms with Crippen molar-refractivity contribution in [2.75, 3.05) is 11.1 Å². The Morgan fingerprint density at radius 2 is 2.05 bits per heavy atom. The predicted octanol–water partition coefficient (Wildman–Crippen LogP) is 3.32. The van der Waals surface area contributed by atoms with Gasteiger partial charge in [0, 0.05) is 12.6 Å². The Morgan fingerprint density at radius 3 is 2.71 bits per heavy atom. The average Bonchev–Trinajstić information content (AvgIpc) is 2.72. The Labute approximate surface area is 128 Å². The minimum atomic E-state index is 0.0335. The van der Waals surface area contributed by atoms with Gasteiger partial charge < -0.3 is 5.32 Å². The summed E-state index contributed by atoms with van der Waals surface area (Å²) in [5.41, 5.74) is 3.62. The van der Waals surface area contributed by atoms with E-state index in [1.807, 2.05) is 13.2 Å². The number of carbonyl (C=O) groups is 1. The van der Waals surface area contributed by atoms with Crippen molar-refractivity contribution in [3.63, 3.8) is 0 Å². The standard InChI is InChI=1S/C16H19N3OS/c1-10(2)11-4-6-12(7-5-11)15-13-8-17-19(3)16(13)18-14(20)9-21-15/h4-8,10,15H,9H2,1-3H3,(H,18,20). The van der Waals surface area contributed by atoms with Crippen molar-refractivity contribution >= 4 is 23.5 Å². The molecule has 1 amide bonds. The topological polar surface area (TPSA) is 46.9 Å². The quantitative estimate of drug-likeness (QED) is 0.925. The minimum Gasteiger partial charge on any atom is -0.310 e. The number of carbonyl (C=O) groups excluding carboxylic acids is 1. The van der Waals surface area contributed by atoms with Gasteiger partial charge in [0.1, 0.15) is 5.82 Å². The monoisotopic (exact) mass is 301 g/mol. The summed E-state index contributed by atoms with van der Waals surface area (Å²) in [5, 5.41) is 7.37. The molecule has 2 aromatic rings. The molecule has 0 aliphatic carbocycles. The van der Waals surface area contributed by atoms with Gasteiger partial charge in [0.05, 0.1) is 17.2 Å². The second kappa shape index (κ2) is 5.56. The fourth-order valence-electron chi connectivity index (χ4n) is 2.55. The second-order valence-electron chi connectivity index (χ2n) is 5.63. The van der Waals surface area contributed by atoms with E-state index in [-0.39, 0.29) is 11.2 Å². The third kappa shape index (κ3) is 2.70. The lowest BCUT2D eigenvalue weighted by Gasteiger charge is -2.15. The first-order valence-electron chi connectivity index (χ1n) is 7.09. The molecule has 0 saturated heterocycles. The van der Waals surface area contributed by atoms with E-state index >= 15 is 0 Å². The number of aryl methyl sites for hydroxylation is 1. The molecule has 5 heteroatoms. The number of amides is 1. The van der Waals surface area contributed by atoms with Crippen molar-refractivity contribution in [2.45, 2.75) is 25.0 Å². The van der Waals surface area contributed by atoms with Gasteiger partial charge in [0.25, 0.3) is 0 Å². The summed E-state index contributed by atoms with van der Waals surface area (Å²) < 4.78 is 1.73. The Hall–Kier alpha value is -1.75. The van der Waals surface area contributed by atoms with E-state index in [4.69, 9.17) is 0 Å². The van der Waals surface area contributed by atoms with Crippen molar-refractivity contribution in [3.05, 3.63) is 47.2 Å². The van der Waals surface area contributed by atoms with Crippen LogP contribution in [0, 0.1) is 0 Å². The van der Waals surface area contributed by atoms with Crippen molar-refractivity contribution in [1.29, 1.82) is 0 Å². The number of fused-ring (bicyclic) bond motifs is 1. The van der Waals surface area contributed by atoms with Gasteiger partial charge in [-0.1, -0.05) is 38.1 Å². The van der Waals surface area contributed by atoms with E-state index in [1.165, 1.54) is 11.1 Å². The first-order chi connectivity index (χ1) is 10.1. The Kier molecular flexibility index (Phi) is 3.76. The zero-order valence-corrected chi connectivity index (χ0v) is 13.3. The molecule has 1 unspecified atom stereocenters. The Balaban J connectivity index is 1.99. The lowest BCUT2D eigenvalue weighted by molar-refractivity contribution is -0.113. The summed E-state index contributed by atoms with van der Waals surface area (Å²) in [6, 6.07) is 8.69. The van der Waals surface area contributed by atoms with Crippen LogP contribution in [0.3, 0.4) is 0 Å². The summed E-state index contributed by atoms with van der Waals surface area (Å²) in [5.74, 6) is 1.83. The molecule has 1 atom stereocenters. The molecule has 0 fully saturated rings. The van der Waals surface area contributed by atoms with Crippen molar-refractivity contribution < 1.29 is 4.79 Å². The summed E-state index contributed by atoms with van der Waals surface area (Å²) in [6.45, 7) is 4.38. The highest BCUT2D eigenvalue weighted by Gasteiger charge is 2.26. The van der Waals surface area contributed by atoms with Crippen LogP contribution >= 0.6 is 11.8 Å². The van der Waals surface area contributed by atoms with Gasteiger partial charge in [-0.2, -0.15) is 5.10 Å². The molecule has 1 aromatic heterocycles. The molecule has 2 heterocycles. The number of nitrogens with zero attached hydrogens (tertiary/aromatic N) is 2. The Bertz CT molecular complexity index is 661. The van der Waals surface area contributed by atoms with E-state index in [0.717, 1.165) is 11.4 Å². The number of aromatic nitrogens is 2. The van der Waals surface area contributed by atoms with E-state index in [9.17, 15) is 4.79 Å². The summed E-state index contributed by atoms with van der Waals surface area (Å²) in [4.78, 5) is 11.8. The van der Waals surface area contributed by atoms with Gasteiger partial charge in [-0.25, -0.2) is 0 Å². The molecule has 21 heavy (non-hydrogen) atoms. The van der Waals surface area contributed by atoms with Crippen LogP contribution in [0.15, 0.2) is 30.5 Å². The summed E-state index contributed by atoms with van der Waals surface area (Å²) in [6.07, 6.45) is 1.86. The van der Waals surface area contributed by atoms with Gasteiger partial charge in [0.15, 0.2) is 0 Å². The van der Waals surface area contributed by atoms with Crippen LogP contribution in [-0.2, 0) is 11.8 Å². The molecular formula is C16H19N3OS. The first-order valence-corrected chi connectivity index (χ1v) is 8.14. The second-order valence-corrected chi connectivity index (χ2v) is 6.73. The molecule has 1 aliphatic heterocycles. The molecule has 0 radical (unpaired) electrons. The maximum absolute atomic E-state index is 11.8. The van der Waals surface area contributed by atoms with E-state index in [2.05, 4.69) is 48.5 Å². The third-order valence-corrected chi connectivity index (χ3v) is 5.08. The predicted molar refractivity (Wildman–Crippen MR) is 86.7 cm³/mol. The number of thioether (sulfide) groups is 1. The van der Waals surface area contributed by atoms with Crippen LogP contribution in [0.4, 0.5) is 5.82 Å². The van der Waals surface area contributed by atoms with Gasteiger partial charge in [-0.05, 0) is 17.0 Å². The molecule has 0 saturated carbocycles. The highest BCUT2D eigenvalue weighted by atomic mass is 32.2. The SMILES string of the molecule is CC(C)c1ccc(C2SCC(=O)Nc3c2cnn3C)cc1. The van der Waals surface area contributed by atoms with E-state index in [0.29, 0.717) is 11.7 Å². The molecule has 1 N–H and O–H groups in total. The van der Waals surface area contributed by atoms with Crippen molar-refractivity contribution in [1.82, 2.24) is 9.78 Å². The van der Waals surface area contributed by atoms with Crippen LogP contribution in [-0.4, -0.2) is 21.4 Å². The summed E-state index contributed by atoms with van der Waals surface area (Å²) in [7, 11) is 1.86. The van der Waals surface area contributed by atoms with Gasteiger partial charge in [0.2, 0.25) is 5.91 Å². The molecular weight excluding hydrogens is 282 g/mol. The smallest absolute Gasteiger partial charge is 0.235 e. The molecule has 0 bridgehead atoms. The maximum Gasteiger partial charge on any atom is 0.235 e. The molecule has 1 aromatic carbocycles. The third-order valence-electron chi connectivity index (χ3n) is 3.79. The van der Waals surface area contributed by atoms with Crippen LogP contribution in [0.2, 0.25) is 0 Å². The molecule has 3 rings (SSSR count). The molecule has 4 nitrogen and oxygen atoms in total. The van der Waals surface area contributed by atoms with E-state index in [1.54, 1.807) is 16.4 Å². The zero-order chi connectivity index (χ0) is 15.0. The number of rotatable bonds is 2. The molecule has 110 valence electrons. The highest BCUT2D eigenvalue weighted by Crippen LogP contribution is 2.41. The van der Waals surface area contributed by atoms with Gasteiger partial charge >= 0.3 is 0 Å². The largest absolute Gasteiger partial charge is 0.310 e. The lowest BCUT2D eigenvalue weighted by Crippen LogP contribution is -2.15.